The van der Waals surface area contributed by atoms with Gasteiger partial charge in [0, 0.05) is 11.6 Å². The summed E-state index contributed by atoms with van der Waals surface area (Å²) < 4.78 is 22.3. The van der Waals surface area contributed by atoms with Gasteiger partial charge >= 0.3 is 5.97 Å². The van der Waals surface area contributed by atoms with Crippen LogP contribution in [0.1, 0.15) is 5.56 Å². The van der Waals surface area contributed by atoms with E-state index in [9.17, 15) is 9.18 Å². The molecule has 0 atom stereocenters. The molecule has 0 aromatic heterocycles. The standard InChI is InChI=1S/C11H11FO3/c1-7(11(13)15-3)9-5-4-8(12)6-10(9)14-2/h4-6H,1H2,2-3H3. The maximum atomic E-state index is 12.9. The highest BCUT2D eigenvalue weighted by atomic mass is 19.1. The Bertz CT molecular complexity index is 399. The van der Waals surface area contributed by atoms with E-state index < -0.39 is 11.8 Å². The number of esters is 1. The quantitative estimate of drug-likeness (QED) is 0.565. The minimum absolute atomic E-state index is 0.134. The highest BCUT2D eigenvalue weighted by molar-refractivity contribution is 6.16. The average molecular weight is 210 g/mol. The molecule has 1 rings (SSSR count). The van der Waals surface area contributed by atoms with Crippen molar-refractivity contribution in [3.8, 4) is 5.75 Å². The molecule has 0 saturated heterocycles. The molecule has 4 heteroatoms. The molecular formula is C11H11FO3. The molecule has 1 aromatic carbocycles. The number of methoxy groups -OCH3 is 2. The lowest BCUT2D eigenvalue weighted by atomic mass is 10.1. The Morgan fingerprint density at radius 2 is 2.07 bits per heavy atom. The zero-order chi connectivity index (χ0) is 11.4. The summed E-state index contributed by atoms with van der Waals surface area (Å²) in [6.07, 6.45) is 0. The molecule has 1 aromatic rings. The predicted octanol–water partition coefficient (Wildman–Crippen LogP) is 2.02. The molecule has 0 spiro atoms. The van der Waals surface area contributed by atoms with Crippen molar-refractivity contribution < 1.29 is 18.7 Å². The molecule has 0 saturated carbocycles. The van der Waals surface area contributed by atoms with Gasteiger partial charge in [-0.1, -0.05) is 6.58 Å². The second kappa shape index (κ2) is 4.59. The van der Waals surface area contributed by atoms with Crippen LogP contribution in [0.4, 0.5) is 4.39 Å². The van der Waals surface area contributed by atoms with Crippen molar-refractivity contribution in [3.05, 3.63) is 36.2 Å². The zero-order valence-electron chi connectivity index (χ0n) is 8.54. The van der Waals surface area contributed by atoms with Crippen LogP contribution in [0.5, 0.6) is 5.75 Å². The lowest BCUT2D eigenvalue weighted by molar-refractivity contribution is -0.133. The number of ether oxygens (including phenoxy) is 2. The van der Waals surface area contributed by atoms with E-state index in [-0.39, 0.29) is 11.3 Å². The largest absolute Gasteiger partial charge is 0.496 e. The van der Waals surface area contributed by atoms with Crippen LogP contribution in [0.15, 0.2) is 24.8 Å². The summed E-state index contributed by atoms with van der Waals surface area (Å²) >= 11 is 0. The van der Waals surface area contributed by atoms with Crippen LogP contribution in [-0.2, 0) is 9.53 Å². The van der Waals surface area contributed by atoms with E-state index in [1.54, 1.807) is 0 Å². The van der Waals surface area contributed by atoms with Gasteiger partial charge in [-0.25, -0.2) is 9.18 Å². The first-order valence-electron chi connectivity index (χ1n) is 4.21. The van der Waals surface area contributed by atoms with Gasteiger partial charge in [0.1, 0.15) is 11.6 Å². The number of hydrogen-bond donors (Lipinski definition) is 0. The van der Waals surface area contributed by atoms with Gasteiger partial charge in [-0.3, -0.25) is 0 Å². The Labute approximate surface area is 87.1 Å². The summed E-state index contributed by atoms with van der Waals surface area (Å²) in [7, 11) is 2.65. The van der Waals surface area contributed by atoms with Crippen LogP contribution in [0.3, 0.4) is 0 Å². The fraction of sp³-hybridized carbons (Fsp3) is 0.182. The van der Waals surface area contributed by atoms with E-state index in [0.29, 0.717) is 5.56 Å². The third kappa shape index (κ3) is 2.34. The number of carbonyl (C=O) groups excluding carboxylic acids is 1. The smallest absolute Gasteiger partial charge is 0.337 e. The van der Waals surface area contributed by atoms with Crippen molar-refractivity contribution in [3.63, 3.8) is 0 Å². The summed E-state index contributed by atoms with van der Waals surface area (Å²) in [5.74, 6) is -0.751. The van der Waals surface area contributed by atoms with Crippen molar-refractivity contribution in [2.45, 2.75) is 0 Å². The molecule has 80 valence electrons. The molecule has 0 aliphatic heterocycles. The van der Waals surface area contributed by atoms with E-state index in [4.69, 9.17) is 4.74 Å². The lowest BCUT2D eigenvalue weighted by Gasteiger charge is -2.09. The zero-order valence-corrected chi connectivity index (χ0v) is 8.54. The molecule has 0 bridgehead atoms. The SMILES string of the molecule is C=C(C(=O)OC)c1ccc(F)cc1OC. The first-order chi connectivity index (χ1) is 7.10. The Morgan fingerprint density at radius 3 is 2.60 bits per heavy atom. The molecule has 0 radical (unpaired) electrons. The summed E-state index contributed by atoms with van der Waals surface area (Å²) in [6, 6.07) is 3.84. The number of rotatable bonds is 3. The van der Waals surface area contributed by atoms with Gasteiger partial charge in [-0.15, -0.1) is 0 Å². The molecule has 0 aliphatic rings. The topological polar surface area (TPSA) is 35.5 Å². The number of halogens is 1. The van der Waals surface area contributed by atoms with Crippen molar-refractivity contribution in [2.75, 3.05) is 14.2 Å². The van der Waals surface area contributed by atoms with E-state index in [2.05, 4.69) is 11.3 Å². The highest BCUT2D eigenvalue weighted by Gasteiger charge is 2.14. The van der Waals surface area contributed by atoms with E-state index in [0.717, 1.165) is 0 Å². The average Bonchev–Trinajstić information content (AvgIpc) is 2.26. The van der Waals surface area contributed by atoms with Crippen molar-refractivity contribution in [1.29, 1.82) is 0 Å². The van der Waals surface area contributed by atoms with Gasteiger partial charge in [0.2, 0.25) is 0 Å². The van der Waals surface area contributed by atoms with Gasteiger partial charge in [0.05, 0.1) is 19.8 Å². The molecule has 15 heavy (non-hydrogen) atoms. The van der Waals surface area contributed by atoms with Crippen LogP contribution in [0.25, 0.3) is 5.57 Å². The molecule has 0 unspecified atom stereocenters. The van der Waals surface area contributed by atoms with Crippen LogP contribution in [-0.4, -0.2) is 20.2 Å². The normalized spacial score (nSPS) is 9.53. The fourth-order valence-electron chi connectivity index (χ4n) is 1.15. The minimum atomic E-state index is -0.570. The summed E-state index contributed by atoms with van der Waals surface area (Å²) in [4.78, 5) is 11.2. The Hall–Kier alpha value is -1.84. The molecule has 0 fully saturated rings. The maximum Gasteiger partial charge on any atom is 0.337 e. The van der Waals surface area contributed by atoms with E-state index in [1.807, 2.05) is 0 Å². The summed E-state index contributed by atoms with van der Waals surface area (Å²) in [5.41, 5.74) is 0.556. The molecule has 0 N–H and O–H groups in total. The minimum Gasteiger partial charge on any atom is -0.496 e. The third-order valence-electron chi connectivity index (χ3n) is 1.92. The van der Waals surface area contributed by atoms with Crippen LogP contribution < -0.4 is 4.74 Å². The first kappa shape index (κ1) is 11.2. The molecule has 0 aliphatic carbocycles. The van der Waals surface area contributed by atoms with Crippen LogP contribution in [0, 0.1) is 5.82 Å². The van der Waals surface area contributed by atoms with E-state index in [1.165, 1.54) is 32.4 Å². The van der Waals surface area contributed by atoms with Crippen molar-refractivity contribution >= 4 is 11.5 Å². The number of benzene rings is 1. The predicted molar refractivity (Wildman–Crippen MR) is 54.0 cm³/mol. The molecule has 0 heterocycles. The Kier molecular flexibility index (Phi) is 3.44. The van der Waals surface area contributed by atoms with Crippen LogP contribution >= 0.6 is 0 Å². The van der Waals surface area contributed by atoms with Gasteiger partial charge in [0.25, 0.3) is 0 Å². The van der Waals surface area contributed by atoms with Gasteiger partial charge < -0.3 is 9.47 Å². The van der Waals surface area contributed by atoms with Crippen molar-refractivity contribution in [2.24, 2.45) is 0 Å². The van der Waals surface area contributed by atoms with Crippen molar-refractivity contribution in [1.82, 2.24) is 0 Å². The Morgan fingerprint density at radius 1 is 1.40 bits per heavy atom. The summed E-state index contributed by atoms with van der Waals surface area (Å²) in [6.45, 7) is 3.56. The second-order valence-electron chi connectivity index (χ2n) is 2.81. The fourth-order valence-corrected chi connectivity index (χ4v) is 1.15. The van der Waals surface area contributed by atoms with E-state index >= 15 is 0 Å². The maximum absolute atomic E-state index is 12.9. The molecule has 0 amide bonds. The number of carbonyl (C=O) groups is 1. The third-order valence-corrected chi connectivity index (χ3v) is 1.92. The van der Waals surface area contributed by atoms with Gasteiger partial charge in [-0.05, 0) is 12.1 Å². The summed E-state index contributed by atoms with van der Waals surface area (Å²) in [5, 5.41) is 0. The highest BCUT2D eigenvalue weighted by Crippen LogP contribution is 2.26. The molecule has 3 nitrogen and oxygen atoms in total. The lowest BCUT2D eigenvalue weighted by Crippen LogP contribution is -2.04. The second-order valence-corrected chi connectivity index (χ2v) is 2.81. The monoisotopic (exact) mass is 210 g/mol. The molecular weight excluding hydrogens is 199 g/mol. The van der Waals surface area contributed by atoms with Gasteiger partial charge in [-0.2, -0.15) is 0 Å². The first-order valence-corrected chi connectivity index (χ1v) is 4.21. The Balaban J connectivity index is 3.14. The van der Waals surface area contributed by atoms with Crippen LogP contribution in [0.2, 0.25) is 0 Å². The number of hydrogen-bond acceptors (Lipinski definition) is 3. The van der Waals surface area contributed by atoms with Gasteiger partial charge in [0.15, 0.2) is 0 Å².